The topological polar surface area (TPSA) is 59.6 Å². The Morgan fingerprint density at radius 1 is 1.21 bits per heavy atom. The van der Waals surface area contributed by atoms with Crippen LogP contribution in [-0.4, -0.2) is 17.3 Å². The van der Waals surface area contributed by atoms with Crippen LogP contribution in [0.2, 0.25) is 0 Å². The molecule has 1 fully saturated rings. The van der Waals surface area contributed by atoms with Gasteiger partial charge in [0.1, 0.15) is 5.70 Å². The molecule has 1 aromatic carbocycles. The lowest BCUT2D eigenvalue weighted by Crippen LogP contribution is -2.25. The van der Waals surface area contributed by atoms with Gasteiger partial charge < -0.3 is 14.8 Å². The minimum atomic E-state index is -3.65. The van der Waals surface area contributed by atoms with E-state index in [-0.39, 0.29) is 28.2 Å². The van der Waals surface area contributed by atoms with Crippen molar-refractivity contribution in [1.82, 2.24) is 10.6 Å². The number of nitrogens with one attached hydrogen (secondary N) is 2. The number of rotatable bonds is 1. The number of carbonyl (C=O) groups excluding carboxylic acids is 1. The number of amides is 1. The normalized spacial score (nSPS) is 21.5. The maximum atomic E-state index is 12.8. The fraction of sp³-hybridized carbons (Fsp3) is 0.0909. The number of hydrogen-bond donors (Lipinski definition) is 2. The van der Waals surface area contributed by atoms with Crippen LogP contribution in [0.25, 0.3) is 6.08 Å². The minimum Gasteiger partial charge on any atom is -0.395 e. The van der Waals surface area contributed by atoms with E-state index < -0.39 is 6.29 Å². The highest BCUT2D eigenvalue weighted by Gasteiger charge is 2.43. The average Bonchev–Trinajstić information content (AvgIpc) is 2.76. The number of thiocarbonyl (C=S) groups is 1. The summed E-state index contributed by atoms with van der Waals surface area (Å²) in [6.45, 7) is 0. The first-order valence-corrected chi connectivity index (χ1v) is 5.58. The van der Waals surface area contributed by atoms with Gasteiger partial charge in [-0.1, -0.05) is 6.07 Å². The lowest BCUT2D eigenvalue weighted by Gasteiger charge is -2.04. The second-order valence-electron chi connectivity index (χ2n) is 3.84. The lowest BCUT2D eigenvalue weighted by molar-refractivity contribution is -0.286. The standard InChI is InChI=1S/C11H6F2N2O3S/c12-11(13)17-7-2-1-5(4-8(7)18-11)3-6-9(16)15-10(19)14-6/h1-4H,(H2,14,15,16,19)/b6-3-. The van der Waals surface area contributed by atoms with Gasteiger partial charge in [-0.05, 0) is 36.0 Å². The molecule has 2 aliphatic rings. The highest BCUT2D eigenvalue weighted by molar-refractivity contribution is 7.80. The number of hydrogen-bond acceptors (Lipinski definition) is 4. The van der Waals surface area contributed by atoms with E-state index in [0.29, 0.717) is 5.56 Å². The molecule has 0 unspecified atom stereocenters. The number of carbonyl (C=O) groups is 1. The van der Waals surface area contributed by atoms with Crippen molar-refractivity contribution < 1.29 is 23.0 Å². The third-order valence-corrected chi connectivity index (χ3v) is 2.66. The number of ether oxygens (including phenoxy) is 2. The van der Waals surface area contributed by atoms with E-state index in [2.05, 4.69) is 20.1 Å². The molecule has 1 saturated heterocycles. The van der Waals surface area contributed by atoms with Crippen LogP contribution < -0.4 is 20.1 Å². The van der Waals surface area contributed by atoms with Crippen LogP contribution in [0.5, 0.6) is 11.5 Å². The van der Waals surface area contributed by atoms with E-state index in [1.807, 2.05) is 0 Å². The SMILES string of the molecule is O=C1NC(=S)N/C1=C\c1ccc2c(c1)OC(F)(F)O2. The van der Waals surface area contributed by atoms with Gasteiger partial charge in [-0.3, -0.25) is 10.1 Å². The summed E-state index contributed by atoms with van der Waals surface area (Å²) >= 11 is 4.77. The average molecular weight is 284 g/mol. The van der Waals surface area contributed by atoms with E-state index in [0.717, 1.165) is 0 Å². The molecule has 0 spiro atoms. The lowest BCUT2D eigenvalue weighted by atomic mass is 10.1. The molecule has 0 radical (unpaired) electrons. The molecule has 8 heteroatoms. The Balaban J connectivity index is 1.91. The zero-order chi connectivity index (χ0) is 13.6. The minimum absolute atomic E-state index is 0.0495. The van der Waals surface area contributed by atoms with Gasteiger partial charge in [0, 0.05) is 0 Å². The van der Waals surface area contributed by atoms with Crippen LogP contribution in [-0.2, 0) is 4.79 Å². The highest BCUT2D eigenvalue weighted by Crippen LogP contribution is 2.41. The van der Waals surface area contributed by atoms with E-state index in [1.54, 1.807) is 0 Å². The Bertz CT molecular complexity index is 630. The maximum absolute atomic E-state index is 12.8. The summed E-state index contributed by atoms with van der Waals surface area (Å²) in [6.07, 6.45) is -2.19. The van der Waals surface area contributed by atoms with E-state index in [1.165, 1.54) is 24.3 Å². The van der Waals surface area contributed by atoms with E-state index in [9.17, 15) is 13.6 Å². The molecule has 0 saturated carbocycles. The quantitative estimate of drug-likeness (QED) is 0.602. The summed E-state index contributed by atoms with van der Waals surface area (Å²) in [5.41, 5.74) is 0.734. The van der Waals surface area contributed by atoms with Crippen molar-refractivity contribution in [3.8, 4) is 11.5 Å². The van der Waals surface area contributed by atoms with Gasteiger partial charge >= 0.3 is 6.29 Å². The smallest absolute Gasteiger partial charge is 0.395 e. The predicted molar refractivity (Wildman–Crippen MR) is 64.5 cm³/mol. The number of benzene rings is 1. The molecule has 1 aromatic rings. The Morgan fingerprint density at radius 2 is 1.95 bits per heavy atom. The molecular weight excluding hydrogens is 278 g/mol. The Hall–Kier alpha value is -2.22. The third kappa shape index (κ3) is 2.22. The summed E-state index contributed by atoms with van der Waals surface area (Å²) in [4.78, 5) is 11.4. The van der Waals surface area contributed by atoms with Crippen LogP contribution in [0.1, 0.15) is 5.56 Å². The molecular formula is C11H6F2N2O3S. The molecule has 2 N–H and O–H groups in total. The van der Waals surface area contributed by atoms with Crippen molar-refractivity contribution in [3.05, 3.63) is 29.5 Å². The molecule has 2 heterocycles. The maximum Gasteiger partial charge on any atom is 0.586 e. The van der Waals surface area contributed by atoms with Crippen molar-refractivity contribution >= 4 is 29.3 Å². The first-order valence-electron chi connectivity index (χ1n) is 5.17. The number of fused-ring (bicyclic) bond motifs is 1. The van der Waals surface area contributed by atoms with Crippen molar-refractivity contribution in [1.29, 1.82) is 0 Å². The summed E-state index contributed by atoms with van der Waals surface area (Å²) in [5.74, 6) is -0.514. The molecule has 0 bridgehead atoms. The molecule has 0 atom stereocenters. The third-order valence-electron chi connectivity index (χ3n) is 2.46. The number of alkyl halides is 2. The summed E-state index contributed by atoms with van der Waals surface area (Å²) in [5, 5.41) is 5.24. The van der Waals surface area contributed by atoms with Crippen molar-refractivity contribution in [3.63, 3.8) is 0 Å². The molecule has 98 valence electrons. The Labute approximate surface area is 111 Å². The Morgan fingerprint density at radius 3 is 2.63 bits per heavy atom. The second kappa shape index (κ2) is 3.89. The molecule has 0 aromatic heterocycles. The van der Waals surface area contributed by atoms with Gasteiger partial charge in [0.15, 0.2) is 16.6 Å². The zero-order valence-electron chi connectivity index (χ0n) is 9.20. The van der Waals surface area contributed by atoms with Gasteiger partial charge in [-0.15, -0.1) is 8.78 Å². The van der Waals surface area contributed by atoms with Crippen molar-refractivity contribution in [2.75, 3.05) is 0 Å². The summed E-state index contributed by atoms with van der Waals surface area (Å²) < 4.78 is 34.2. The molecule has 19 heavy (non-hydrogen) atoms. The fourth-order valence-electron chi connectivity index (χ4n) is 1.70. The van der Waals surface area contributed by atoms with E-state index in [4.69, 9.17) is 12.2 Å². The largest absolute Gasteiger partial charge is 0.586 e. The van der Waals surface area contributed by atoms with Gasteiger partial charge in [0.2, 0.25) is 0 Å². The van der Waals surface area contributed by atoms with Crippen molar-refractivity contribution in [2.45, 2.75) is 6.29 Å². The zero-order valence-corrected chi connectivity index (χ0v) is 10.0. The van der Waals surface area contributed by atoms with Crippen LogP contribution in [0.4, 0.5) is 8.78 Å². The monoisotopic (exact) mass is 284 g/mol. The molecule has 1 amide bonds. The fourth-order valence-corrected chi connectivity index (χ4v) is 1.91. The molecule has 2 aliphatic heterocycles. The van der Waals surface area contributed by atoms with Gasteiger partial charge in [-0.2, -0.15) is 0 Å². The van der Waals surface area contributed by atoms with Crippen molar-refractivity contribution in [2.24, 2.45) is 0 Å². The van der Waals surface area contributed by atoms with Crippen LogP contribution in [0, 0.1) is 0 Å². The molecule has 3 rings (SSSR count). The molecule has 0 aliphatic carbocycles. The second-order valence-corrected chi connectivity index (χ2v) is 4.25. The summed E-state index contributed by atoms with van der Waals surface area (Å²) in [6, 6.07) is 4.21. The van der Waals surface area contributed by atoms with Crippen LogP contribution in [0.3, 0.4) is 0 Å². The number of halogens is 2. The first kappa shape index (κ1) is 11.8. The van der Waals surface area contributed by atoms with Gasteiger partial charge in [-0.25, -0.2) is 0 Å². The van der Waals surface area contributed by atoms with Crippen LogP contribution >= 0.6 is 12.2 Å². The first-order chi connectivity index (χ1) is 8.93. The van der Waals surface area contributed by atoms with E-state index >= 15 is 0 Å². The van der Waals surface area contributed by atoms with Gasteiger partial charge in [0.05, 0.1) is 0 Å². The molecule has 5 nitrogen and oxygen atoms in total. The van der Waals surface area contributed by atoms with Gasteiger partial charge in [0.25, 0.3) is 5.91 Å². The highest BCUT2D eigenvalue weighted by atomic mass is 32.1. The predicted octanol–water partition coefficient (Wildman–Crippen LogP) is 1.35. The van der Waals surface area contributed by atoms with Crippen LogP contribution in [0.15, 0.2) is 23.9 Å². The Kier molecular flexibility index (Phi) is 2.42. The summed E-state index contributed by atoms with van der Waals surface area (Å²) in [7, 11) is 0.